The summed E-state index contributed by atoms with van der Waals surface area (Å²) in [4.78, 5) is 19.7. The van der Waals surface area contributed by atoms with Gasteiger partial charge < -0.3 is 10.1 Å². The van der Waals surface area contributed by atoms with E-state index in [1.54, 1.807) is 12.4 Å². The van der Waals surface area contributed by atoms with Crippen molar-refractivity contribution in [3.63, 3.8) is 0 Å². The Morgan fingerprint density at radius 3 is 2.91 bits per heavy atom. The van der Waals surface area contributed by atoms with E-state index in [0.29, 0.717) is 16.8 Å². The number of nitrogens with one attached hydrogen (secondary N) is 1. The highest BCUT2D eigenvalue weighted by molar-refractivity contribution is 7.99. The third kappa shape index (κ3) is 4.19. The van der Waals surface area contributed by atoms with Gasteiger partial charge >= 0.3 is 5.97 Å². The number of hydrogen-bond acceptors (Lipinski definition) is 6. The van der Waals surface area contributed by atoms with Gasteiger partial charge in [-0.1, -0.05) is 23.9 Å². The summed E-state index contributed by atoms with van der Waals surface area (Å²) in [6.07, 6.45) is 4.25. The summed E-state index contributed by atoms with van der Waals surface area (Å²) in [7, 11) is 1.36. The Bertz CT molecular complexity index is 696. The van der Waals surface area contributed by atoms with Gasteiger partial charge in [0.25, 0.3) is 0 Å². The van der Waals surface area contributed by atoms with Gasteiger partial charge in [0, 0.05) is 12.0 Å². The summed E-state index contributed by atoms with van der Waals surface area (Å²) in [5, 5.41) is 3.99. The van der Waals surface area contributed by atoms with E-state index in [-0.39, 0.29) is 23.6 Å². The summed E-state index contributed by atoms with van der Waals surface area (Å²) >= 11 is 1.28. The molecule has 120 valence electrons. The zero-order valence-electron chi connectivity index (χ0n) is 12.5. The van der Waals surface area contributed by atoms with Crippen molar-refractivity contribution in [1.82, 2.24) is 9.97 Å². The monoisotopic (exact) mass is 333 g/mol. The molecule has 1 saturated carbocycles. The van der Waals surface area contributed by atoms with Crippen molar-refractivity contribution in [2.24, 2.45) is 0 Å². The minimum absolute atomic E-state index is 0.205. The lowest BCUT2D eigenvalue weighted by atomic mass is 10.1. The Morgan fingerprint density at radius 1 is 1.39 bits per heavy atom. The van der Waals surface area contributed by atoms with Crippen molar-refractivity contribution < 1.29 is 13.9 Å². The second-order valence-electron chi connectivity index (χ2n) is 5.25. The summed E-state index contributed by atoms with van der Waals surface area (Å²) in [5.74, 6) is 0.725. The van der Waals surface area contributed by atoms with E-state index in [2.05, 4.69) is 20.0 Å². The van der Waals surface area contributed by atoms with E-state index in [0.717, 1.165) is 12.0 Å². The van der Waals surface area contributed by atoms with Crippen LogP contribution >= 0.6 is 11.8 Å². The predicted molar refractivity (Wildman–Crippen MR) is 85.9 cm³/mol. The highest BCUT2D eigenvalue weighted by atomic mass is 32.2. The molecule has 1 fully saturated rings. The molecule has 1 aliphatic carbocycles. The summed E-state index contributed by atoms with van der Waals surface area (Å²) < 4.78 is 17.5. The average molecular weight is 333 g/mol. The lowest BCUT2D eigenvalue weighted by Gasteiger charge is -2.06. The molecule has 0 spiro atoms. The number of methoxy groups -OCH3 is 1. The molecule has 0 amide bonds. The fourth-order valence-electron chi connectivity index (χ4n) is 2.30. The van der Waals surface area contributed by atoms with Crippen LogP contribution in [0.15, 0.2) is 41.7 Å². The number of nitrogens with zero attached hydrogens (tertiary/aromatic N) is 2. The standard InChI is InChI=1S/C16H16FN3O2S/c1-22-16(21)9-23-15-8-18-7-14(20-15)19-13-6-12(13)10-2-4-11(17)5-3-10/h2-5,7-8,12-13H,6,9H2,1H3,(H,19,20)/t12-,13+/m0/s1. The number of thioether (sulfide) groups is 1. The average Bonchev–Trinajstić information content (AvgIpc) is 3.32. The van der Waals surface area contributed by atoms with Gasteiger partial charge in [-0.25, -0.2) is 9.37 Å². The van der Waals surface area contributed by atoms with Crippen LogP contribution in [0.5, 0.6) is 0 Å². The summed E-state index contributed by atoms with van der Waals surface area (Å²) in [6, 6.07) is 6.87. The van der Waals surface area contributed by atoms with Crippen molar-refractivity contribution >= 4 is 23.5 Å². The molecule has 0 saturated heterocycles. The van der Waals surface area contributed by atoms with Crippen LogP contribution in [0.4, 0.5) is 10.2 Å². The van der Waals surface area contributed by atoms with Crippen LogP contribution in [-0.4, -0.2) is 34.8 Å². The van der Waals surface area contributed by atoms with Crippen LogP contribution in [0.2, 0.25) is 0 Å². The normalized spacial score (nSPS) is 19.2. The molecule has 3 rings (SSSR count). The molecule has 5 nitrogen and oxygen atoms in total. The Labute approximate surface area is 137 Å². The molecule has 0 unspecified atom stereocenters. The SMILES string of the molecule is COC(=O)CSc1cncc(N[C@@H]2C[C@H]2c2ccc(F)cc2)n1. The number of ether oxygens (including phenoxy) is 1. The zero-order chi connectivity index (χ0) is 16.2. The van der Waals surface area contributed by atoms with Crippen molar-refractivity contribution in [3.05, 3.63) is 48.0 Å². The van der Waals surface area contributed by atoms with Crippen molar-refractivity contribution in [2.45, 2.75) is 23.4 Å². The highest BCUT2D eigenvalue weighted by Crippen LogP contribution is 2.42. The van der Waals surface area contributed by atoms with Gasteiger partial charge in [0.1, 0.15) is 16.7 Å². The van der Waals surface area contributed by atoms with E-state index in [1.807, 2.05) is 12.1 Å². The third-order valence-electron chi connectivity index (χ3n) is 3.60. The molecule has 1 aromatic carbocycles. The van der Waals surface area contributed by atoms with Gasteiger partial charge in [-0.2, -0.15) is 0 Å². The molecule has 7 heteroatoms. The molecule has 1 aromatic heterocycles. The Morgan fingerprint density at radius 2 is 2.17 bits per heavy atom. The zero-order valence-corrected chi connectivity index (χ0v) is 13.3. The molecule has 2 aromatic rings. The number of hydrogen-bond donors (Lipinski definition) is 1. The van der Waals surface area contributed by atoms with Crippen LogP contribution < -0.4 is 5.32 Å². The minimum atomic E-state index is -0.297. The first-order chi connectivity index (χ1) is 11.2. The minimum Gasteiger partial charge on any atom is -0.468 e. The van der Waals surface area contributed by atoms with Gasteiger partial charge in [-0.3, -0.25) is 9.78 Å². The van der Waals surface area contributed by atoms with E-state index in [4.69, 9.17) is 0 Å². The maximum absolute atomic E-state index is 12.9. The van der Waals surface area contributed by atoms with Crippen LogP contribution in [0.3, 0.4) is 0 Å². The van der Waals surface area contributed by atoms with Crippen LogP contribution in [0.1, 0.15) is 17.9 Å². The fourth-order valence-corrected chi connectivity index (χ4v) is 2.98. The third-order valence-corrected chi connectivity index (χ3v) is 4.47. The summed E-state index contributed by atoms with van der Waals surface area (Å²) in [6.45, 7) is 0. The number of esters is 1. The number of aromatic nitrogens is 2. The second kappa shape index (κ2) is 6.95. The van der Waals surface area contributed by atoms with Gasteiger partial charge in [0.2, 0.25) is 0 Å². The second-order valence-corrected chi connectivity index (χ2v) is 6.25. The lowest BCUT2D eigenvalue weighted by Crippen LogP contribution is -2.07. The van der Waals surface area contributed by atoms with Crippen LogP contribution in [0, 0.1) is 5.82 Å². The van der Waals surface area contributed by atoms with E-state index in [1.165, 1.54) is 31.0 Å². The van der Waals surface area contributed by atoms with Crippen molar-refractivity contribution in [2.75, 3.05) is 18.2 Å². The van der Waals surface area contributed by atoms with E-state index in [9.17, 15) is 9.18 Å². The van der Waals surface area contributed by atoms with Gasteiger partial charge in [-0.15, -0.1) is 0 Å². The van der Waals surface area contributed by atoms with Gasteiger partial charge in [0.15, 0.2) is 0 Å². The first-order valence-corrected chi connectivity index (χ1v) is 8.18. The lowest BCUT2D eigenvalue weighted by molar-refractivity contribution is -0.137. The van der Waals surface area contributed by atoms with Crippen LogP contribution in [-0.2, 0) is 9.53 Å². The Balaban J connectivity index is 1.57. The topological polar surface area (TPSA) is 64.1 Å². The predicted octanol–water partition coefficient (Wildman–Crippen LogP) is 2.85. The highest BCUT2D eigenvalue weighted by Gasteiger charge is 2.38. The maximum Gasteiger partial charge on any atom is 0.316 e. The number of benzene rings is 1. The molecule has 23 heavy (non-hydrogen) atoms. The van der Waals surface area contributed by atoms with Crippen molar-refractivity contribution in [1.29, 1.82) is 0 Å². The Kier molecular flexibility index (Phi) is 4.76. The molecule has 1 aliphatic rings. The maximum atomic E-state index is 12.9. The molecular weight excluding hydrogens is 317 g/mol. The van der Waals surface area contributed by atoms with E-state index < -0.39 is 0 Å². The molecule has 0 radical (unpaired) electrons. The molecule has 2 atom stereocenters. The largest absolute Gasteiger partial charge is 0.468 e. The van der Waals surface area contributed by atoms with Crippen molar-refractivity contribution in [3.8, 4) is 0 Å². The van der Waals surface area contributed by atoms with Crippen LogP contribution in [0.25, 0.3) is 0 Å². The molecule has 1 N–H and O–H groups in total. The molecular formula is C16H16FN3O2S. The quantitative estimate of drug-likeness (QED) is 0.648. The summed E-state index contributed by atoms with van der Waals surface area (Å²) in [5.41, 5.74) is 1.12. The molecule has 1 heterocycles. The number of halogens is 1. The van der Waals surface area contributed by atoms with Gasteiger partial charge in [0.05, 0.1) is 25.3 Å². The Hall–Kier alpha value is -2.15. The number of rotatable bonds is 6. The smallest absolute Gasteiger partial charge is 0.316 e. The van der Waals surface area contributed by atoms with E-state index >= 15 is 0 Å². The fraction of sp³-hybridized carbons (Fsp3) is 0.312. The number of anilines is 1. The number of carbonyl (C=O) groups is 1. The molecule has 0 aliphatic heterocycles. The first-order valence-electron chi connectivity index (χ1n) is 7.19. The molecule has 0 bridgehead atoms. The van der Waals surface area contributed by atoms with Gasteiger partial charge in [-0.05, 0) is 24.1 Å². The number of carbonyl (C=O) groups excluding carboxylic acids is 1. The first kappa shape index (κ1) is 15.7.